The highest BCUT2D eigenvalue weighted by molar-refractivity contribution is 5.39. The zero-order chi connectivity index (χ0) is 10.3. The van der Waals surface area contributed by atoms with Gasteiger partial charge in [-0.05, 0) is 55.3 Å². The van der Waals surface area contributed by atoms with Crippen LogP contribution in [0.25, 0.3) is 0 Å². The summed E-state index contributed by atoms with van der Waals surface area (Å²) >= 11 is 0. The molecule has 1 aliphatic carbocycles. The molecule has 3 rings (SSSR count). The highest BCUT2D eigenvalue weighted by Gasteiger charge is 2.40. The van der Waals surface area contributed by atoms with E-state index in [1.807, 2.05) is 4.90 Å². The lowest BCUT2D eigenvalue weighted by Crippen LogP contribution is -2.38. The van der Waals surface area contributed by atoms with Gasteiger partial charge in [0.15, 0.2) is 0 Å². The molecule has 1 aromatic rings. The molecular formula is C14H17N. The summed E-state index contributed by atoms with van der Waals surface area (Å²) in [6.07, 6.45) is 5.07. The number of hydrogen-bond acceptors (Lipinski definition) is 1. The Morgan fingerprint density at radius 1 is 1.07 bits per heavy atom. The number of rotatable bonds is 0. The van der Waals surface area contributed by atoms with E-state index in [9.17, 15) is 0 Å². The third-order valence-electron chi connectivity index (χ3n) is 4.22. The Balaban J connectivity index is 1.95. The van der Waals surface area contributed by atoms with E-state index in [0.29, 0.717) is 5.41 Å². The molecule has 78 valence electrons. The summed E-state index contributed by atoms with van der Waals surface area (Å²) in [7, 11) is 5.84. The Labute approximate surface area is 92.1 Å². The molecule has 2 radical (unpaired) electrons. The van der Waals surface area contributed by atoms with Gasteiger partial charge < -0.3 is 0 Å². The lowest BCUT2D eigenvalue weighted by Gasteiger charge is -2.38. The number of benzene rings is 1. The molecule has 0 aromatic heterocycles. The summed E-state index contributed by atoms with van der Waals surface area (Å²) in [6.45, 7) is 2.10. The lowest BCUT2D eigenvalue weighted by molar-refractivity contribution is 0.203. The van der Waals surface area contributed by atoms with Gasteiger partial charge in [-0.25, -0.2) is 0 Å². The predicted octanol–water partition coefficient (Wildman–Crippen LogP) is 2.63. The standard InChI is InChI=1S/C14H17N/c1-15-10-8-14(9-11-15)7-6-12-4-2-3-5-13(12)14/h1-5H,6-11H2. The quantitative estimate of drug-likeness (QED) is 0.621. The average molecular weight is 199 g/mol. The second-order valence-corrected chi connectivity index (χ2v) is 4.97. The molecular weight excluding hydrogens is 182 g/mol. The molecule has 1 heteroatoms. The van der Waals surface area contributed by atoms with E-state index in [2.05, 4.69) is 24.3 Å². The van der Waals surface area contributed by atoms with Gasteiger partial charge in [-0.2, -0.15) is 0 Å². The van der Waals surface area contributed by atoms with Gasteiger partial charge in [0.05, 0.1) is 0 Å². The molecule has 1 aromatic carbocycles. The SMILES string of the molecule is [CH]N1CCC2(CCc3ccccc32)CC1. The molecule has 1 nitrogen and oxygen atoms in total. The summed E-state index contributed by atoms with van der Waals surface area (Å²) < 4.78 is 0. The first-order valence-electron chi connectivity index (χ1n) is 5.88. The smallest absolute Gasteiger partial charge is 0.0438 e. The van der Waals surface area contributed by atoms with Crippen molar-refractivity contribution >= 4 is 0 Å². The first kappa shape index (κ1) is 9.41. The van der Waals surface area contributed by atoms with Crippen molar-refractivity contribution in [2.45, 2.75) is 31.1 Å². The molecule has 1 saturated heterocycles. The van der Waals surface area contributed by atoms with Gasteiger partial charge in [-0.1, -0.05) is 24.3 Å². The van der Waals surface area contributed by atoms with Crippen molar-refractivity contribution < 1.29 is 0 Å². The van der Waals surface area contributed by atoms with Crippen LogP contribution in [0.2, 0.25) is 0 Å². The van der Waals surface area contributed by atoms with Crippen molar-refractivity contribution in [1.82, 2.24) is 4.90 Å². The fraction of sp³-hybridized carbons (Fsp3) is 0.500. The van der Waals surface area contributed by atoms with Crippen molar-refractivity contribution in [3.05, 3.63) is 42.4 Å². The van der Waals surface area contributed by atoms with Crippen LogP contribution in [-0.4, -0.2) is 18.0 Å². The monoisotopic (exact) mass is 199 g/mol. The normalized spacial score (nSPS) is 24.3. The highest BCUT2D eigenvalue weighted by atomic mass is 15.1. The number of hydrogen-bond donors (Lipinski definition) is 0. The third kappa shape index (κ3) is 1.41. The number of likely N-dealkylation sites (tertiary alicyclic amines) is 1. The van der Waals surface area contributed by atoms with Gasteiger partial charge in [0.1, 0.15) is 0 Å². The van der Waals surface area contributed by atoms with Gasteiger partial charge in [-0.3, -0.25) is 4.90 Å². The zero-order valence-corrected chi connectivity index (χ0v) is 9.08. The molecule has 0 amide bonds. The van der Waals surface area contributed by atoms with Crippen molar-refractivity contribution in [3.8, 4) is 0 Å². The molecule has 0 atom stereocenters. The maximum atomic E-state index is 5.84. The first-order chi connectivity index (χ1) is 7.30. The molecule has 0 N–H and O–H groups in total. The topological polar surface area (TPSA) is 3.24 Å². The second-order valence-electron chi connectivity index (χ2n) is 4.97. The van der Waals surface area contributed by atoms with Crippen LogP contribution in [-0.2, 0) is 11.8 Å². The first-order valence-corrected chi connectivity index (χ1v) is 5.88. The van der Waals surface area contributed by atoms with Gasteiger partial charge in [0.25, 0.3) is 0 Å². The van der Waals surface area contributed by atoms with E-state index >= 15 is 0 Å². The Bertz CT molecular complexity index is 361. The van der Waals surface area contributed by atoms with E-state index in [-0.39, 0.29) is 0 Å². The molecule has 0 bridgehead atoms. The molecule has 1 fully saturated rings. The summed E-state index contributed by atoms with van der Waals surface area (Å²) in [5.74, 6) is 0. The Kier molecular flexibility index (Phi) is 2.10. The number of nitrogens with zero attached hydrogens (tertiary/aromatic N) is 1. The van der Waals surface area contributed by atoms with E-state index in [0.717, 1.165) is 13.1 Å². The summed E-state index contributed by atoms with van der Waals surface area (Å²) in [6, 6.07) is 8.96. The van der Waals surface area contributed by atoms with Crippen molar-refractivity contribution in [3.63, 3.8) is 0 Å². The molecule has 2 aliphatic rings. The molecule has 1 heterocycles. The maximum Gasteiger partial charge on any atom is 0.0438 e. The summed E-state index contributed by atoms with van der Waals surface area (Å²) in [5.41, 5.74) is 3.65. The fourth-order valence-electron chi connectivity index (χ4n) is 3.24. The van der Waals surface area contributed by atoms with Crippen LogP contribution >= 0.6 is 0 Å². The maximum absolute atomic E-state index is 5.84. The van der Waals surface area contributed by atoms with Gasteiger partial charge in [-0.15, -0.1) is 0 Å². The molecule has 0 unspecified atom stereocenters. The van der Waals surface area contributed by atoms with Crippen molar-refractivity contribution in [2.24, 2.45) is 0 Å². The molecule has 0 saturated carbocycles. The van der Waals surface area contributed by atoms with Crippen LogP contribution in [0.5, 0.6) is 0 Å². The molecule has 1 aliphatic heterocycles. The highest BCUT2D eigenvalue weighted by Crippen LogP contribution is 2.45. The van der Waals surface area contributed by atoms with Gasteiger partial charge in [0.2, 0.25) is 0 Å². The Morgan fingerprint density at radius 2 is 1.80 bits per heavy atom. The van der Waals surface area contributed by atoms with Gasteiger partial charge in [0, 0.05) is 7.05 Å². The fourth-order valence-corrected chi connectivity index (χ4v) is 3.24. The van der Waals surface area contributed by atoms with E-state index in [4.69, 9.17) is 7.05 Å². The minimum absolute atomic E-state index is 0.465. The second kappa shape index (κ2) is 3.34. The third-order valence-corrected chi connectivity index (χ3v) is 4.22. The van der Waals surface area contributed by atoms with Gasteiger partial charge >= 0.3 is 0 Å². The lowest BCUT2D eigenvalue weighted by atomic mass is 9.74. The largest absolute Gasteiger partial charge is 0.297 e. The summed E-state index contributed by atoms with van der Waals surface area (Å²) in [4.78, 5) is 1.96. The molecule has 1 spiro atoms. The summed E-state index contributed by atoms with van der Waals surface area (Å²) in [5, 5.41) is 0. The van der Waals surface area contributed by atoms with Crippen molar-refractivity contribution in [2.75, 3.05) is 13.1 Å². The molecule has 15 heavy (non-hydrogen) atoms. The number of aryl methyl sites for hydroxylation is 1. The van der Waals surface area contributed by atoms with E-state index < -0.39 is 0 Å². The van der Waals surface area contributed by atoms with Crippen molar-refractivity contribution in [1.29, 1.82) is 0 Å². The van der Waals surface area contributed by atoms with E-state index in [1.165, 1.54) is 25.7 Å². The predicted molar refractivity (Wildman–Crippen MR) is 61.5 cm³/mol. The van der Waals surface area contributed by atoms with E-state index in [1.54, 1.807) is 11.1 Å². The number of piperidine rings is 1. The number of fused-ring (bicyclic) bond motifs is 2. The van der Waals surface area contributed by atoms with Crippen LogP contribution < -0.4 is 0 Å². The Hall–Kier alpha value is -0.820. The van der Waals surface area contributed by atoms with Crippen LogP contribution in [0, 0.1) is 7.05 Å². The van der Waals surface area contributed by atoms with Crippen LogP contribution in [0.15, 0.2) is 24.3 Å². The van der Waals surface area contributed by atoms with Crippen LogP contribution in [0.4, 0.5) is 0 Å². The minimum atomic E-state index is 0.465. The van der Waals surface area contributed by atoms with Crippen LogP contribution in [0.3, 0.4) is 0 Å². The minimum Gasteiger partial charge on any atom is -0.297 e. The average Bonchev–Trinajstić information content (AvgIpc) is 2.63. The zero-order valence-electron chi connectivity index (χ0n) is 9.08. The Morgan fingerprint density at radius 3 is 2.60 bits per heavy atom. The van der Waals surface area contributed by atoms with Crippen LogP contribution in [0.1, 0.15) is 30.4 Å².